The number of ether oxygens (including phenoxy) is 1. The fraction of sp³-hybridized carbons (Fsp3) is 0.500. The fourth-order valence-corrected chi connectivity index (χ4v) is 3.22. The number of hydrogen-bond acceptors (Lipinski definition) is 6. The number of aryl methyl sites for hydroxylation is 1. The zero-order valence-electron chi connectivity index (χ0n) is 16.4. The quantitative estimate of drug-likeness (QED) is 0.567. The number of hydrogen-bond donors (Lipinski definition) is 1. The molecule has 0 aliphatic heterocycles. The molecule has 1 N–H and O–H groups in total. The van der Waals surface area contributed by atoms with Crippen LogP contribution in [0.25, 0.3) is 0 Å². The van der Waals surface area contributed by atoms with Gasteiger partial charge < -0.3 is 14.5 Å². The Kier molecular flexibility index (Phi) is 6.53. The number of nitrogens with zero attached hydrogens (tertiary/aromatic N) is 1. The third-order valence-electron chi connectivity index (χ3n) is 3.65. The first-order chi connectivity index (χ1) is 12.1. The van der Waals surface area contributed by atoms with Crippen molar-refractivity contribution in [2.45, 2.75) is 69.9 Å². The van der Waals surface area contributed by atoms with Crippen LogP contribution in [-0.4, -0.2) is 21.3 Å². The maximum atomic E-state index is 12.4. The zero-order chi connectivity index (χ0) is 19.4. The van der Waals surface area contributed by atoms with E-state index in [1.165, 1.54) is 23.7 Å². The van der Waals surface area contributed by atoms with E-state index in [4.69, 9.17) is 9.15 Å². The molecule has 0 saturated heterocycles. The number of rotatable bonds is 7. The minimum Gasteiger partial charge on any atom is -0.459 e. The molecule has 0 saturated carbocycles. The number of aromatic nitrogens is 1. The van der Waals surface area contributed by atoms with Gasteiger partial charge >= 0.3 is 5.97 Å². The van der Waals surface area contributed by atoms with Crippen molar-refractivity contribution in [3.63, 3.8) is 0 Å². The lowest BCUT2D eigenvalue weighted by Gasteiger charge is -2.28. The van der Waals surface area contributed by atoms with E-state index in [2.05, 4.69) is 22.4 Å². The van der Waals surface area contributed by atoms with Gasteiger partial charge in [-0.2, -0.15) is 0 Å². The maximum absolute atomic E-state index is 12.4. The van der Waals surface area contributed by atoms with Crippen LogP contribution in [0.15, 0.2) is 40.0 Å². The van der Waals surface area contributed by atoms with Gasteiger partial charge in [-0.25, -0.2) is 4.98 Å². The molecule has 0 unspecified atom stereocenters. The van der Waals surface area contributed by atoms with Gasteiger partial charge in [0.2, 0.25) is 0 Å². The number of nitrogens with one attached hydrogen (secondary N) is 1. The summed E-state index contributed by atoms with van der Waals surface area (Å²) in [7, 11) is 0. The van der Waals surface area contributed by atoms with Crippen LogP contribution in [0.4, 0.5) is 0 Å². The highest BCUT2D eigenvalue weighted by Crippen LogP contribution is 2.34. The van der Waals surface area contributed by atoms with Crippen LogP contribution in [0, 0.1) is 6.92 Å². The molecule has 0 fully saturated rings. The fourth-order valence-electron chi connectivity index (χ4n) is 2.23. The van der Waals surface area contributed by atoms with Crippen molar-refractivity contribution in [1.29, 1.82) is 0 Å². The van der Waals surface area contributed by atoms with E-state index in [-0.39, 0.29) is 5.97 Å². The van der Waals surface area contributed by atoms with Gasteiger partial charge in [0.25, 0.3) is 0 Å². The van der Waals surface area contributed by atoms with Crippen LogP contribution in [0.1, 0.15) is 51.6 Å². The second-order valence-corrected chi connectivity index (χ2v) is 9.42. The Labute approximate surface area is 159 Å². The normalized spacial score (nSPS) is 12.2. The van der Waals surface area contributed by atoms with E-state index in [0.29, 0.717) is 6.54 Å². The molecule has 5 nitrogen and oxygen atoms in total. The Morgan fingerprint density at radius 2 is 1.81 bits per heavy atom. The summed E-state index contributed by atoms with van der Waals surface area (Å²) in [6.07, 6.45) is 1.46. The van der Waals surface area contributed by atoms with Crippen LogP contribution in [0.3, 0.4) is 0 Å². The van der Waals surface area contributed by atoms with E-state index >= 15 is 0 Å². The van der Waals surface area contributed by atoms with Crippen LogP contribution >= 0.6 is 11.8 Å². The van der Waals surface area contributed by atoms with Gasteiger partial charge in [0.15, 0.2) is 6.39 Å². The highest BCUT2D eigenvalue weighted by atomic mass is 32.2. The molecule has 1 heterocycles. The van der Waals surface area contributed by atoms with Gasteiger partial charge in [0.05, 0.1) is 12.2 Å². The smallest absolute Gasteiger partial charge is 0.322 e. The number of thioether (sulfide) groups is 1. The maximum Gasteiger partial charge on any atom is 0.322 e. The highest BCUT2D eigenvalue weighted by Gasteiger charge is 2.33. The molecule has 142 valence electrons. The first-order valence-corrected chi connectivity index (χ1v) is 9.49. The van der Waals surface area contributed by atoms with Gasteiger partial charge in [-0.3, -0.25) is 4.79 Å². The molecule has 0 amide bonds. The third kappa shape index (κ3) is 6.18. The number of esters is 1. The number of benzene rings is 1. The Morgan fingerprint density at radius 3 is 2.35 bits per heavy atom. The van der Waals surface area contributed by atoms with E-state index in [9.17, 15) is 4.79 Å². The second kappa shape index (κ2) is 8.27. The summed E-state index contributed by atoms with van der Waals surface area (Å²) < 4.78 is 10.2. The van der Waals surface area contributed by atoms with Crippen molar-refractivity contribution in [2.75, 3.05) is 0 Å². The van der Waals surface area contributed by atoms with Crippen LogP contribution in [0.2, 0.25) is 0 Å². The monoisotopic (exact) mass is 376 g/mol. The van der Waals surface area contributed by atoms with Crippen molar-refractivity contribution in [1.82, 2.24) is 10.3 Å². The van der Waals surface area contributed by atoms with Crippen LogP contribution in [0.5, 0.6) is 0 Å². The molecule has 2 rings (SSSR count). The number of carbonyl (C=O) groups is 1. The average molecular weight is 377 g/mol. The molecule has 0 atom stereocenters. The molecule has 2 aromatic rings. The van der Waals surface area contributed by atoms with Crippen molar-refractivity contribution in [3.05, 3.63) is 47.7 Å². The van der Waals surface area contributed by atoms with Crippen LogP contribution in [-0.2, 0) is 22.6 Å². The van der Waals surface area contributed by atoms with Crippen molar-refractivity contribution in [3.8, 4) is 0 Å². The molecule has 1 aromatic heterocycles. The Bertz CT molecular complexity index is 730. The highest BCUT2D eigenvalue weighted by molar-refractivity contribution is 8.01. The van der Waals surface area contributed by atoms with Crippen molar-refractivity contribution < 1.29 is 13.9 Å². The first-order valence-electron chi connectivity index (χ1n) is 8.68. The summed E-state index contributed by atoms with van der Waals surface area (Å²) in [6.45, 7) is 12.7. The molecule has 26 heavy (non-hydrogen) atoms. The molecule has 0 aliphatic carbocycles. The largest absolute Gasteiger partial charge is 0.459 e. The predicted octanol–water partition coefficient (Wildman–Crippen LogP) is 4.49. The van der Waals surface area contributed by atoms with Crippen molar-refractivity contribution in [2.24, 2.45) is 0 Å². The van der Waals surface area contributed by atoms with Gasteiger partial charge in [-0.1, -0.05) is 12.1 Å². The van der Waals surface area contributed by atoms with Gasteiger partial charge in [0.1, 0.15) is 16.1 Å². The third-order valence-corrected chi connectivity index (χ3v) is 4.83. The molecule has 1 aromatic carbocycles. The van der Waals surface area contributed by atoms with E-state index in [1.807, 2.05) is 53.7 Å². The summed E-state index contributed by atoms with van der Waals surface area (Å²) >= 11 is 1.51. The lowest BCUT2D eigenvalue weighted by molar-refractivity contribution is -0.156. The van der Waals surface area contributed by atoms with Gasteiger partial charge in [0, 0.05) is 11.4 Å². The summed E-state index contributed by atoms with van der Waals surface area (Å²) in [5.74, 6) is 0.652. The van der Waals surface area contributed by atoms with E-state index < -0.39 is 10.3 Å². The minimum atomic E-state index is -0.642. The average Bonchev–Trinajstić information content (AvgIpc) is 2.92. The van der Waals surface area contributed by atoms with Gasteiger partial charge in [-0.15, -0.1) is 11.8 Å². The molecule has 6 heteroatoms. The summed E-state index contributed by atoms with van der Waals surface area (Å²) in [4.78, 5) is 17.5. The first kappa shape index (κ1) is 20.5. The van der Waals surface area contributed by atoms with Crippen molar-refractivity contribution >= 4 is 17.7 Å². The van der Waals surface area contributed by atoms with E-state index in [0.717, 1.165) is 22.9 Å². The molecule has 0 spiro atoms. The number of carbonyl (C=O) groups excluding carboxylic acids is 1. The predicted molar refractivity (Wildman–Crippen MR) is 104 cm³/mol. The standard InChI is InChI=1S/C20H28N2O3S/c1-14-17(24-13-22-14)12-21-11-15-7-9-16(10-8-15)26-20(5,6)18(23)25-19(2,3)4/h7-10,13,21H,11-12H2,1-6H3. The number of oxazole rings is 1. The Morgan fingerprint density at radius 1 is 1.15 bits per heavy atom. The van der Waals surface area contributed by atoms with E-state index in [1.54, 1.807) is 0 Å². The molecule has 0 radical (unpaired) electrons. The van der Waals surface area contributed by atoms with Crippen LogP contribution < -0.4 is 5.32 Å². The molecule has 0 aliphatic rings. The lowest BCUT2D eigenvalue weighted by atomic mass is 10.1. The Hall–Kier alpha value is -1.79. The molecular formula is C20H28N2O3S. The summed E-state index contributed by atoms with van der Waals surface area (Å²) in [5, 5.41) is 3.34. The Balaban J connectivity index is 1.88. The molecule has 0 bridgehead atoms. The summed E-state index contributed by atoms with van der Waals surface area (Å²) in [5.41, 5.74) is 1.60. The molecular weight excluding hydrogens is 348 g/mol. The topological polar surface area (TPSA) is 64.4 Å². The minimum absolute atomic E-state index is 0.205. The SMILES string of the molecule is Cc1ncoc1CNCc1ccc(SC(C)(C)C(=O)OC(C)(C)C)cc1. The summed E-state index contributed by atoms with van der Waals surface area (Å²) in [6, 6.07) is 8.20. The lowest BCUT2D eigenvalue weighted by Crippen LogP contribution is -2.36. The van der Waals surface area contributed by atoms with Gasteiger partial charge in [-0.05, 0) is 59.2 Å². The zero-order valence-corrected chi connectivity index (χ0v) is 17.2. The second-order valence-electron chi connectivity index (χ2n) is 7.72.